The van der Waals surface area contributed by atoms with Gasteiger partial charge in [0.05, 0.1) is 12.9 Å². The Hall–Kier alpha value is -0.500. The van der Waals surface area contributed by atoms with E-state index in [2.05, 4.69) is 0 Å². The van der Waals surface area contributed by atoms with Gasteiger partial charge in [0, 0.05) is 5.92 Å². The molecule has 2 atom stereocenters. The standard InChI is InChI=1S/C6H10O2/c1-5-2-3-8-6(5)4-7/h2-3,5-7H,4H2,1H3. The van der Waals surface area contributed by atoms with E-state index >= 15 is 0 Å². The molecule has 0 fully saturated rings. The zero-order valence-corrected chi connectivity index (χ0v) is 4.87. The molecule has 1 aliphatic heterocycles. The lowest BCUT2D eigenvalue weighted by atomic mass is 10.1. The highest BCUT2D eigenvalue weighted by molar-refractivity contribution is 4.92. The highest BCUT2D eigenvalue weighted by Crippen LogP contribution is 2.15. The van der Waals surface area contributed by atoms with Gasteiger partial charge in [-0.3, -0.25) is 0 Å². The summed E-state index contributed by atoms with van der Waals surface area (Å²) in [4.78, 5) is 0. The molecule has 0 aromatic heterocycles. The van der Waals surface area contributed by atoms with Crippen LogP contribution in [0.1, 0.15) is 6.92 Å². The molecule has 1 aliphatic rings. The molecule has 0 aromatic carbocycles. The van der Waals surface area contributed by atoms with E-state index in [0.29, 0.717) is 5.92 Å². The van der Waals surface area contributed by atoms with Crippen LogP contribution in [0.5, 0.6) is 0 Å². The van der Waals surface area contributed by atoms with Gasteiger partial charge < -0.3 is 9.84 Å². The minimum absolute atomic E-state index is 0.00926. The lowest BCUT2D eigenvalue weighted by Crippen LogP contribution is -2.17. The summed E-state index contributed by atoms with van der Waals surface area (Å²) in [6.07, 6.45) is 3.60. The number of aliphatic hydroxyl groups excluding tert-OH is 1. The maximum absolute atomic E-state index is 8.57. The minimum Gasteiger partial charge on any atom is -0.495 e. The van der Waals surface area contributed by atoms with Crippen molar-refractivity contribution in [2.45, 2.75) is 13.0 Å². The van der Waals surface area contributed by atoms with Crippen molar-refractivity contribution in [2.24, 2.45) is 5.92 Å². The Morgan fingerprint density at radius 2 is 2.50 bits per heavy atom. The molecule has 0 amide bonds. The van der Waals surface area contributed by atoms with E-state index < -0.39 is 0 Å². The molecule has 0 saturated heterocycles. The summed E-state index contributed by atoms with van der Waals surface area (Å²) in [7, 11) is 0. The van der Waals surface area contributed by atoms with Gasteiger partial charge in [-0.2, -0.15) is 0 Å². The van der Waals surface area contributed by atoms with E-state index in [1.54, 1.807) is 6.26 Å². The van der Waals surface area contributed by atoms with Gasteiger partial charge in [-0.1, -0.05) is 6.92 Å². The van der Waals surface area contributed by atoms with E-state index in [9.17, 15) is 0 Å². The first-order valence-electron chi connectivity index (χ1n) is 2.77. The lowest BCUT2D eigenvalue weighted by Gasteiger charge is -2.09. The topological polar surface area (TPSA) is 29.5 Å². The second-order valence-corrected chi connectivity index (χ2v) is 2.04. The second kappa shape index (κ2) is 2.18. The van der Waals surface area contributed by atoms with E-state index in [0.717, 1.165) is 0 Å². The van der Waals surface area contributed by atoms with E-state index in [1.807, 2.05) is 13.0 Å². The van der Waals surface area contributed by atoms with E-state index in [4.69, 9.17) is 9.84 Å². The number of hydrogen-bond acceptors (Lipinski definition) is 2. The highest BCUT2D eigenvalue weighted by atomic mass is 16.5. The van der Waals surface area contributed by atoms with Crippen molar-refractivity contribution >= 4 is 0 Å². The summed E-state index contributed by atoms with van der Waals surface area (Å²) in [5.74, 6) is 0.375. The van der Waals surface area contributed by atoms with E-state index in [1.165, 1.54) is 0 Å². The third-order valence-corrected chi connectivity index (χ3v) is 1.40. The van der Waals surface area contributed by atoms with Gasteiger partial charge in [0.2, 0.25) is 0 Å². The van der Waals surface area contributed by atoms with Crippen LogP contribution < -0.4 is 0 Å². The molecule has 0 aliphatic carbocycles. The van der Waals surface area contributed by atoms with Gasteiger partial charge in [0.1, 0.15) is 6.10 Å². The molecule has 2 heteroatoms. The van der Waals surface area contributed by atoms with Crippen LogP contribution in [0.4, 0.5) is 0 Å². The maximum Gasteiger partial charge on any atom is 0.127 e. The molecule has 1 rings (SSSR count). The molecule has 8 heavy (non-hydrogen) atoms. The van der Waals surface area contributed by atoms with Crippen molar-refractivity contribution in [1.82, 2.24) is 0 Å². The van der Waals surface area contributed by atoms with Crippen molar-refractivity contribution in [3.8, 4) is 0 Å². The largest absolute Gasteiger partial charge is 0.495 e. The van der Waals surface area contributed by atoms with Crippen LogP contribution in [-0.2, 0) is 4.74 Å². The zero-order chi connectivity index (χ0) is 5.98. The van der Waals surface area contributed by atoms with Gasteiger partial charge in [-0.25, -0.2) is 0 Å². The Bertz CT molecular complexity index is 98.7. The average molecular weight is 114 g/mol. The summed E-state index contributed by atoms with van der Waals surface area (Å²) in [5.41, 5.74) is 0. The Kier molecular flexibility index (Phi) is 1.53. The van der Waals surface area contributed by atoms with Crippen LogP contribution >= 0.6 is 0 Å². The fourth-order valence-electron chi connectivity index (χ4n) is 0.727. The second-order valence-electron chi connectivity index (χ2n) is 2.04. The molecular formula is C6H10O2. The van der Waals surface area contributed by atoms with Crippen molar-refractivity contribution in [3.63, 3.8) is 0 Å². The summed E-state index contributed by atoms with van der Waals surface area (Å²) >= 11 is 0. The first kappa shape index (κ1) is 5.63. The van der Waals surface area contributed by atoms with Crippen LogP contribution in [0.3, 0.4) is 0 Å². The van der Waals surface area contributed by atoms with Crippen LogP contribution in [0, 0.1) is 5.92 Å². The Labute approximate surface area is 48.8 Å². The van der Waals surface area contributed by atoms with Crippen LogP contribution in [0.25, 0.3) is 0 Å². The van der Waals surface area contributed by atoms with Crippen LogP contribution in [-0.4, -0.2) is 17.8 Å². The van der Waals surface area contributed by atoms with Crippen LogP contribution in [0.15, 0.2) is 12.3 Å². The first-order valence-corrected chi connectivity index (χ1v) is 2.77. The smallest absolute Gasteiger partial charge is 0.127 e. The minimum atomic E-state index is 0.00926. The van der Waals surface area contributed by atoms with Crippen LogP contribution in [0.2, 0.25) is 0 Å². The van der Waals surface area contributed by atoms with E-state index in [-0.39, 0.29) is 12.7 Å². The van der Waals surface area contributed by atoms with Gasteiger partial charge in [-0.15, -0.1) is 0 Å². The Morgan fingerprint density at radius 3 is 2.75 bits per heavy atom. The molecule has 46 valence electrons. The molecule has 1 heterocycles. The van der Waals surface area contributed by atoms with Crippen molar-refractivity contribution in [3.05, 3.63) is 12.3 Å². The van der Waals surface area contributed by atoms with Crippen molar-refractivity contribution in [1.29, 1.82) is 0 Å². The van der Waals surface area contributed by atoms with Gasteiger partial charge in [0.15, 0.2) is 0 Å². The first-order chi connectivity index (χ1) is 3.84. The fourth-order valence-corrected chi connectivity index (χ4v) is 0.727. The Morgan fingerprint density at radius 1 is 1.75 bits per heavy atom. The SMILES string of the molecule is CC1C=COC1CO. The van der Waals surface area contributed by atoms with Crippen molar-refractivity contribution < 1.29 is 9.84 Å². The molecule has 2 unspecified atom stereocenters. The third kappa shape index (κ3) is 0.842. The van der Waals surface area contributed by atoms with Crippen molar-refractivity contribution in [2.75, 3.05) is 6.61 Å². The number of ether oxygens (including phenoxy) is 1. The van der Waals surface area contributed by atoms with Gasteiger partial charge >= 0.3 is 0 Å². The van der Waals surface area contributed by atoms with Gasteiger partial charge in [-0.05, 0) is 6.08 Å². The molecule has 0 bridgehead atoms. The summed E-state index contributed by atoms with van der Waals surface area (Å²) in [6, 6.07) is 0. The molecule has 0 spiro atoms. The molecule has 0 radical (unpaired) electrons. The predicted molar refractivity (Wildman–Crippen MR) is 30.3 cm³/mol. The summed E-state index contributed by atoms with van der Waals surface area (Å²) < 4.78 is 4.98. The number of rotatable bonds is 1. The quantitative estimate of drug-likeness (QED) is 0.538. The third-order valence-electron chi connectivity index (χ3n) is 1.40. The fraction of sp³-hybridized carbons (Fsp3) is 0.667. The monoisotopic (exact) mass is 114 g/mol. The molecule has 0 saturated carbocycles. The Balaban J connectivity index is 2.38. The lowest BCUT2D eigenvalue weighted by molar-refractivity contribution is 0.0731. The maximum atomic E-state index is 8.57. The molecule has 0 aromatic rings. The average Bonchev–Trinajstić information content (AvgIpc) is 2.14. The number of aliphatic hydroxyl groups is 1. The summed E-state index contributed by atoms with van der Waals surface area (Å²) in [5, 5.41) is 8.57. The molecule has 2 nitrogen and oxygen atoms in total. The highest BCUT2D eigenvalue weighted by Gasteiger charge is 2.17. The van der Waals surface area contributed by atoms with Gasteiger partial charge in [0.25, 0.3) is 0 Å². The predicted octanol–water partition coefficient (Wildman–Crippen LogP) is 0.527. The molecule has 1 N–H and O–H groups in total. The zero-order valence-electron chi connectivity index (χ0n) is 4.87. The normalized spacial score (nSPS) is 35.2. The molecular weight excluding hydrogens is 104 g/mol. The number of hydrogen-bond donors (Lipinski definition) is 1. The summed E-state index contributed by atoms with van der Waals surface area (Å²) in [6.45, 7) is 2.14.